The van der Waals surface area contributed by atoms with Gasteiger partial charge in [-0.3, -0.25) is 0 Å². The number of hydrogen-bond acceptors (Lipinski definition) is 2. The highest BCUT2D eigenvalue weighted by molar-refractivity contribution is 4.76. The third-order valence-electron chi connectivity index (χ3n) is 3.47. The molecule has 2 nitrogen and oxygen atoms in total. The van der Waals surface area contributed by atoms with E-state index in [2.05, 4.69) is 10.6 Å². The highest BCUT2D eigenvalue weighted by Gasteiger charge is 2.20. The zero-order valence-corrected chi connectivity index (χ0v) is 9.23. The van der Waals surface area contributed by atoms with Crippen molar-refractivity contribution in [3.8, 4) is 0 Å². The Morgan fingerprint density at radius 3 is 2.36 bits per heavy atom. The summed E-state index contributed by atoms with van der Waals surface area (Å²) < 4.78 is 0. The van der Waals surface area contributed by atoms with Crippen molar-refractivity contribution in [3.05, 3.63) is 0 Å². The molecule has 0 atom stereocenters. The van der Waals surface area contributed by atoms with Gasteiger partial charge in [-0.25, -0.2) is 0 Å². The van der Waals surface area contributed by atoms with Gasteiger partial charge in [-0.15, -0.1) is 0 Å². The van der Waals surface area contributed by atoms with Gasteiger partial charge in [-0.05, 0) is 38.1 Å². The first kappa shape index (κ1) is 10.4. The van der Waals surface area contributed by atoms with Gasteiger partial charge in [0.1, 0.15) is 0 Å². The van der Waals surface area contributed by atoms with Crippen LogP contribution in [0.4, 0.5) is 0 Å². The molecular weight excluding hydrogens is 172 g/mol. The van der Waals surface area contributed by atoms with Gasteiger partial charge in [-0.2, -0.15) is 0 Å². The van der Waals surface area contributed by atoms with Crippen LogP contribution < -0.4 is 10.6 Å². The summed E-state index contributed by atoms with van der Waals surface area (Å²) in [7, 11) is 0. The molecule has 0 spiro atoms. The predicted octanol–water partition coefficient (Wildman–Crippen LogP) is 1.91. The number of nitrogens with one attached hydrogen (secondary N) is 2. The van der Waals surface area contributed by atoms with Crippen molar-refractivity contribution in [1.29, 1.82) is 0 Å². The fourth-order valence-corrected chi connectivity index (χ4v) is 2.30. The van der Waals surface area contributed by atoms with Crippen LogP contribution in [-0.4, -0.2) is 25.7 Å². The zero-order chi connectivity index (χ0) is 9.64. The first-order valence-corrected chi connectivity index (χ1v) is 6.39. The molecule has 0 saturated heterocycles. The summed E-state index contributed by atoms with van der Waals surface area (Å²) in [6.07, 6.45) is 10.1. The lowest BCUT2D eigenvalue weighted by atomic mass is 9.95. The Hall–Kier alpha value is -0.0800. The molecular formula is C12H24N2. The van der Waals surface area contributed by atoms with Crippen molar-refractivity contribution >= 4 is 0 Å². The summed E-state index contributed by atoms with van der Waals surface area (Å²) in [6.45, 7) is 3.58. The van der Waals surface area contributed by atoms with Gasteiger partial charge in [0.15, 0.2) is 0 Å². The van der Waals surface area contributed by atoms with E-state index < -0.39 is 0 Å². The average Bonchev–Trinajstić information content (AvgIpc) is 3.03. The summed E-state index contributed by atoms with van der Waals surface area (Å²) >= 11 is 0. The fraction of sp³-hybridized carbons (Fsp3) is 1.00. The van der Waals surface area contributed by atoms with Crippen LogP contribution in [-0.2, 0) is 0 Å². The Labute approximate surface area is 87.8 Å². The lowest BCUT2D eigenvalue weighted by molar-refractivity contribution is 0.372. The van der Waals surface area contributed by atoms with Crippen LogP contribution in [0, 0.1) is 5.92 Å². The average molecular weight is 196 g/mol. The van der Waals surface area contributed by atoms with Crippen molar-refractivity contribution in [3.63, 3.8) is 0 Å². The zero-order valence-electron chi connectivity index (χ0n) is 9.23. The van der Waals surface area contributed by atoms with Gasteiger partial charge in [0.2, 0.25) is 0 Å². The molecule has 2 aliphatic rings. The highest BCUT2D eigenvalue weighted by atomic mass is 15.0. The molecule has 0 aromatic rings. The van der Waals surface area contributed by atoms with E-state index in [9.17, 15) is 0 Å². The largest absolute Gasteiger partial charge is 0.315 e. The van der Waals surface area contributed by atoms with Gasteiger partial charge in [0.25, 0.3) is 0 Å². The molecule has 0 amide bonds. The van der Waals surface area contributed by atoms with Crippen LogP contribution in [0.1, 0.15) is 44.9 Å². The van der Waals surface area contributed by atoms with E-state index in [0.717, 1.165) is 25.0 Å². The Bertz CT molecular complexity index is 148. The molecule has 82 valence electrons. The van der Waals surface area contributed by atoms with Gasteiger partial charge in [-0.1, -0.05) is 19.3 Å². The molecule has 0 bridgehead atoms. The van der Waals surface area contributed by atoms with E-state index in [0.29, 0.717) is 0 Å². The van der Waals surface area contributed by atoms with Crippen LogP contribution in [0.25, 0.3) is 0 Å². The van der Waals surface area contributed by atoms with Crippen LogP contribution in [0.2, 0.25) is 0 Å². The van der Waals surface area contributed by atoms with Crippen molar-refractivity contribution in [2.45, 2.75) is 51.0 Å². The van der Waals surface area contributed by atoms with Crippen LogP contribution in [0.5, 0.6) is 0 Å². The molecule has 2 fully saturated rings. The summed E-state index contributed by atoms with van der Waals surface area (Å²) in [4.78, 5) is 0. The van der Waals surface area contributed by atoms with E-state index in [1.165, 1.54) is 51.5 Å². The molecule has 2 rings (SSSR count). The standard InChI is InChI=1S/C12H24N2/c1-2-4-12(5-3-1)14-9-8-13-10-11-6-7-11/h11-14H,1-10H2. The summed E-state index contributed by atoms with van der Waals surface area (Å²) in [5.41, 5.74) is 0. The van der Waals surface area contributed by atoms with Gasteiger partial charge < -0.3 is 10.6 Å². The molecule has 0 aromatic carbocycles. The maximum Gasteiger partial charge on any atom is 0.00793 e. The van der Waals surface area contributed by atoms with Crippen LogP contribution in [0.15, 0.2) is 0 Å². The highest BCUT2D eigenvalue weighted by Crippen LogP contribution is 2.27. The lowest BCUT2D eigenvalue weighted by Crippen LogP contribution is -2.36. The second kappa shape index (κ2) is 5.72. The lowest BCUT2D eigenvalue weighted by Gasteiger charge is -2.22. The first-order valence-electron chi connectivity index (χ1n) is 6.39. The van der Waals surface area contributed by atoms with Crippen molar-refractivity contribution < 1.29 is 0 Å². The van der Waals surface area contributed by atoms with Crippen molar-refractivity contribution in [2.24, 2.45) is 5.92 Å². The minimum Gasteiger partial charge on any atom is -0.315 e. The normalized spacial score (nSPS) is 24.0. The third kappa shape index (κ3) is 3.97. The smallest absolute Gasteiger partial charge is 0.00793 e. The maximum atomic E-state index is 3.65. The second-order valence-corrected chi connectivity index (χ2v) is 4.94. The summed E-state index contributed by atoms with van der Waals surface area (Å²) in [6, 6.07) is 0.825. The van der Waals surface area contributed by atoms with Crippen molar-refractivity contribution in [2.75, 3.05) is 19.6 Å². The molecule has 2 N–H and O–H groups in total. The maximum absolute atomic E-state index is 3.65. The van der Waals surface area contributed by atoms with E-state index in [1.807, 2.05) is 0 Å². The Kier molecular flexibility index (Phi) is 4.26. The van der Waals surface area contributed by atoms with Crippen molar-refractivity contribution in [1.82, 2.24) is 10.6 Å². The summed E-state index contributed by atoms with van der Waals surface area (Å²) in [5, 5.41) is 7.18. The van der Waals surface area contributed by atoms with Gasteiger partial charge in [0.05, 0.1) is 0 Å². The van der Waals surface area contributed by atoms with E-state index in [4.69, 9.17) is 0 Å². The second-order valence-electron chi connectivity index (χ2n) is 4.94. The van der Waals surface area contributed by atoms with Gasteiger partial charge in [0, 0.05) is 19.1 Å². The quantitative estimate of drug-likeness (QED) is 0.634. The molecule has 0 aromatic heterocycles. The van der Waals surface area contributed by atoms with Crippen LogP contribution >= 0.6 is 0 Å². The molecule has 2 aliphatic carbocycles. The molecule has 2 heteroatoms. The monoisotopic (exact) mass is 196 g/mol. The van der Waals surface area contributed by atoms with E-state index in [-0.39, 0.29) is 0 Å². The number of rotatable bonds is 6. The third-order valence-corrected chi connectivity index (χ3v) is 3.47. The fourth-order valence-electron chi connectivity index (χ4n) is 2.30. The van der Waals surface area contributed by atoms with Crippen LogP contribution in [0.3, 0.4) is 0 Å². The SMILES string of the molecule is C1CCC(NCCNCC2CC2)CC1. The molecule has 14 heavy (non-hydrogen) atoms. The molecule has 2 saturated carbocycles. The topological polar surface area (TPSA) is 24.1 Å². The Morgan fingerprint density at radius 1 is 0.857 bits per heavy atom. The molecule has 0 aliphatic heterocycles. The number of hydrogen-bond donors (Lipinski definition) is 2. The van der Waals surface area contributed by atoms with E-state index >= 15 is 0 Å². The molecule has 0 radical (unpaired) electrons. The molecule has 0 unspecified atom stereocenters. The van der Waals surface area contributed by atoms with Gasteiger partial charge >= 0.3 is 0 Å². The summed E-state index contributed by atoms with van der Waals surface area (Å²) in [5.74, 6) is 1.02. The molecule has 0 heterocycles. The predicted molar refractivity (Wildman–Crippen MR) is 60.5 cm³/mol. The minimum absolute atomic E-state index is 0.825. The first-order chi connectivity index (χ1) is 6.95. The Morgan fingerprint density at radius 2 is 1.64 bits per heavy atom. The minimum atomic E-state index is 0.825. The van der Waals surface area contributed by atoms with E-state index in [1.54, 1.807) is 0 Å². The Balaban J connectivity index is 1.41.